The number of aryl methyl sites for hydroxylation is 1. The highest BCUT2D eigenvalue weighted by atomic mass is 19.4. The second-order valence-corrected chi connectivity index (χ2v) is 12.3. The molecule has 5 rings (SSSR count). The largest absolute Gasteiger partial charge is 0.498 e. The van der Waals surface area contributed by atoms with Crippen molar-refractivity contribution in [2.75, 3.05) is 33.9 Å². The van der Waals surface area contributed by atoms with Crippen molar-refractivity contribution in [3.05, 3.63) is 88.3 Å². The zero-order valence-corrected chi connectivity index (χ0v) is 27.0. The molecule has 1 aliphatic heterocycles. The number of likely N-dealkylation sites (tertiary alicyclic amines) is 1. The first-order valence-corrected chi connectivity index (χ1v) is 15.7. The van der Waals surface area contributed by atoms with E-state index in [0.717, 1.165) is 16.7 Å². The number of benzene rings is 2. The van der Waals surface area contributed by atoms with Crippen LogP contribution in [-0.4, -0.2) is 89.2 Å². The number of aliphatic hydroxyl groups is 1. The fourth-order valence-electron chi connectivity index (χ4n) is 6.38. The van der Waals surface area contributed by atoms with Gasteiger partial charge in [-0.25, -0.2) is 0 Å². The highest BCUT2D eigenvalue weighted by Crippen LogP contribution is 2.43. The Kier molecular flexibility index (Phi) is 10.6. The lowest BCUT2D eigenvalue weighted by Crippen LogP contribution is -2.53. The molecule has 10 nitrogen and oxygen atoms in total. The van der Waals surface area contributed by atoms with Gasteiger partial charge in [-0.3, -0.25) is 14.4 Å². The predicted molar refractivity (Wildman–Crippen MR) is 170 cm³/mol. The van der Waals surface area contributed by atoms with E-state index in [1.807, 2.05) is 37.3 Å². The summed E-state index contributed by atoms with van der Waals surface area (Å²) in [4.78, 5) is 12.6. The number of piperidine rings is 1. The number of halogens is 3. The van der Waals surface area contributed by atoms with Crippen LogP contribution in [0, 0.1) is 18.3 Å². The molecule has 3 atom stereocenters. The number of alkyl halides is 3. The molecule has 2 N–H and O–H groups in total. The minimum Gasteiger partial charge on any atom is -0.498 e. The number of aliphatic carboxylic acids is 1. The Balaban J connectivity index is 1.34. The lowest BCUT2D eigenvalue weighted by molar-refractivity contribution is -0.273. The number of nitriles is 1. The number of allylic oxidation sites excluding steroid dienone is 2. The summed E-state index contributed by atoms with van der Waals surface area (Å²) in [5, 5.41) is 34.6. The molecule has 1 aliphatic carbocycles. The Morgan fingerprint density at radius 3 is 2.52 bits per heavy atom. The number of methoxy groups -OCH3 is 2. The van der Waals surface area contributed by atoms with Gasteiger partial charge in [-0.15, -0.1) is 0 Å². The first kappa shape index (κ1) is 35.1. The molecular weight excluding hydrogens is 629 g/mol. The van der Waals surface area contributed by atoms with E-state index in [4.69, 9.17) is 19.3 Å². The number of carboxylic acids is 1. The minimum absolute atomic E-state index is 0.0479. The summed E-state index contributed by atoms with van der Waals surface area (Å²) < 4.78 is 63.7. The molecule has 2 aliphatic rings. The Morgan fingerprint density at radius 2 is 1.90 bits per heavy atom. The van der Waals surface area contributed by atoms with Crippen molar-refractivity contribution in [1.29, 1.82) is 5.26 Å². The normalized spacial score (nSPS) is 20.5. The van der Waals surface area contributed by atoms with E-state index < -0.39 is 42.2 Å². The van der Waals surface area contributed by atoms with E-state index in [0.29, 0.717) is 30.5 Å². The molecular formula is C35H39F3N4O6. The zero-order valence-electron chi connectivity index (χ0n) is 27.0. The molecule has 1 aromatic heterocycles. The number of β-amino-alcohol motifs (C(OH)–C–C–N with tert-alkyl or cyclic N) is 1. The maximum atomic E-state index is 14.9. The third kappa shape index (κ3) is 7.57. The van der Waals surface area contributed by atoms with E-state index in [1.165, 1.54) is 37.1 Å². The quantitative estimate of drug-likeness (QED) is 0.267. The van der Waals surface area contributed by atoms with Crippen LogP contribution in [0.15, 0.2) is 65.9 Å². The first-order valence-electron chi connectivity index (χ1n) is 15.7. The molecule has 256 valence electrons. The summed E-state index contributed by atoms with van der Waals surface area (Å²) in [6, 6.07) is 13.9. The second kappa shape index (κ2) is 14.5. The molecule has 0 radical (unpaired) electrons. The highest BCUT2D eigenvalue weighted by Gasteiger charge is 2.58. The van der Waals surface area contributed by atoms with Crippen LogP contribution in [0.5, 0.6) is 0 Å². The number of hydrogen-bond acceptors (Lipinski definition) is 8. The van der Waals surface area contributed by atoms with Gasteiger partial charge in [0, 0.05) is 38.6 Å². The zero-order chi connectivity index (χ0) is 34.6. The van der Waals surface area contributed by atoms with E-state index in [9.17, 15) is 28.3 Å². The minimum atomic E-state index is -5.06. The van der Waals surface area contributed by atoms with Crippen molar-refractivity contribution >= 4 is 16.9 Å². The van der Waals surface area contributed by atoms with Crippen molar-refractivity contribution in [3.63, 3.8) is 0 Å². The van der Waals surface area contributed by atoms with Gasteiger partial charge in [-0.2, -0.15) is 23.5 Å². The number of carbonyl (C=O) groups is 1. The molecule has 1 fully saturated rings. The molecule has 2 heterocycles. The number of nitrogens with zero attached hydrogens (tertiary/aromatic N) is 4. The highest BCUT2D eigenvalue weighted by molar-refractivity contribution is 5.84. The monoisotopic (exact) mass is 668 g/mol. The van der Waals surface area contributed by atoms with E-state index >= 15 is 0 Å². The average molecular weight is 669 g/mol. The summed E-state index contributed by atoms with van der Waals surface area (Å²) >= 11 is 0. The van der Waals surface area contributed by atoms with Gasteiger partial charge in [0.2, 0.25) is 5.60 Å². The van der Waals surface area contributed by atoms with Gasteiger partial charge < -0.3 is 24.4 Å². The van der Waals surface area contributed by atoms with Gasteiger partial charge in [0.25, 0.3) is 0 Å². The Bertz CT molecular complexity index is 1740. The van der Waals surface area contributed by atoms with Gasteiger partial charge in [0.15, 0.2) is 0 Å². The van der Waals surface area contributed by atoms with Crippen molar-refractivity contribution < 1.29 is 42.4 Å². The van der Waals surface area contributed by atoms with Crippen molar-refractivity contribution in [2.24, 2.45) is 0 Å². The Hall–Kier alpha value is -4.22. The number of rotatable bonds is 12. The fourth-order valence-corrected chi connectivity index (χ4v) is 6.38. The summed E-state index contributed by atoms with van der Waals surface area (Å²) in [5.41, 5.74) is -0.664. The van der Waals surface area contributed by atoms with Gasteiger partial charge in [0.1, 0.15) is 23.7 Å². The van der Waals surface area contributed by atoms with Crippen LogP contribution in [0.3, 0.4) is 0 Å². The topological polar surface area (TPSA) is 130 Å². The van der Waals surface area contributed by atoms with Crippen LogP contribution in [0.2, 0.25) is 0 Å². The molecule has 3 unspecified atom stereocenters. The van der Waals surface area contributed by atoms with E-state index in [-0.39, 0.29) is 43.1 Å². The van der Waals surface area contributed by atoms with Crippen molar-refractivity contribution in [3.8, 4) is 6.07 Å². The summed E-state index contributed by atoms with van der Waals surface area (Å²) in [6.45, 7) is 1.78. The number of carboxylic acid groups (broad SMARTS) is 1. The molecule has 1 saturated heterocycles. The molecule has 0 amide bonds. The third-order valence-corrected chi connectivity index (χ3v) is 8.90. The number of aromatic nitrogens is 2. The lowest BCUT2D eigenvalue weighted by Gasteiger charge is -2.40. The van der Waals surface area contributed by atoms with Gasteiger partial charge in [0.05, 0.1) is 36.9 Å². The SMILES string of the molecule is COC1=CC(CCC(=O)O)=CC(OC)C1OC1CCN(CC(O)(c2nn(Cc3cccc(C)c3)c3cc(C#N)ccc23)C(F)(F)F)CC1. The van der Waals surface area contributed by atoms with Crippen LogP contribution in [0.4, 0.5) is 13.2 Å². The van der Waals surface area contributed by atoms with E-state index in [2.05, 4.69) is 5.10 Å². The van der Waals surface area contributed by atoms with Crippen LogP contribution >= 0.6 is 0 Å². The second-order valence-electron chi connectivity index (χ2n) is 12.3. The van der Waals surface area contributed by atoms with Crippen LogP contribution < -0.4 is 0 Å². The fraction of sp³-hybridized carbons (Fsp3) is 0.457. The molecule has 13 heteroatoms. The molecule has 2 aromatic carbocycles. The van der Waals surface area contributed by atoms with Crippen LogP contribution in [0.25, 0.3) is 10.9 Å². The average Bonchev–Trinajstić information content (AvgIpc) is 3.42. The summed E-state index contributed by atoms with van der Waals surface area (Å²) in [7, 11) is 3.00. The number of fused-ring (bicyclic) bond motifs is 1. The van der Waals surface area contributed by atoms with Gasteiger partial charge in [-0.1, -0.05) is 29.8 Å². The molecule has 0 saturated carbocycles. The molecule has 0 bridgehead atoms. The molecule has 48 heavy (non-hydrogen) atoms. The number of ether oxygens (including phenoxy) is 3. The van der Waals surface area contributed by atoms with Crippen molar-refractivity contribution in [2.45, 2.75) is 69.2 Å². The summed E-state index contributed by atoms with van der Waals surface area (Å²) in [6.07, 6.45) is -1.95. The Morgan fingerprint density at radius 1 is 1.15 bits per heavy atom. The van der Waals surface area contributed by atoms with Crippen LogP contribution in [0.1, 0.15) is 48.1 Å². The summed E-state index contributed by atoms with van der Waals surface area (Å²) in [5.74, 6) is -0.442. The van der Waals surface area contributed by atoms with E-state index in [1.54, 1.807) is 17.1 Å². The smallest absolute Gasteiger partial charge is 0.424 e. The maximum Gasteiger partial charge on any atom is 0.424 e. The third-order valence-electron chi connectivity index (χ3n) is 8.90. The molecule has 0 spiro atoms. The van der Waals surface area contributed by atoms with Gasteiger partial charge in [-0.05, 0) is 67.7 Å². The van der Waals surface area contributed by atoms with Gasteiger partial charge >= 0.3 is 12.1 Å². The first-order chi connectivity index (χ1) is 22.8. The number of hydrogen-bond donors (Lipinski definition) is 2. The van der Waals surface area contributed by atoms with Crippen molar-refractivity contribution in [1.82, 2.24) is 14.7 Å². The van der Waals surface area contributed by atoms with Crippen LogP contribution in [-0.2, 0) is 31.2 Å². The maximum absolute atomic E-state index is 14.9. The Labute approximate surface area is 276 Å². The predicted octanol–water partition coefficient (Wildman–Crippen LogP) is 5.21. The standard InChI is InChI=1S/C35H39F3N4O6/c1-22-5-4-6-25(15-22)20-42-28-16-24(19-39)7-9-27(28)33(40-42)34(45,35(36,37)38)21-41-13-11-26(12-14-41)48-32-29(46-2)17-23(8-10-31(43)44)18-30(32)47-3/h4-7,9,15-18,26,29,32,45H,8,10-14,20-21H2,1-3H3,(H,43,44). The lowest BCUT2D eigenvalue weighted by atomic mass is 9.93. The molecule has 3 aromatic rings.